The molecule has 1 atom stereocenters. The average molecular weight is 361 g/mol. The number of nitrogens with zero attached hydrogens (tertiary/aromatic N) is 1. The number of carboxylic acids is 1. The number of halogens is 2. The third-order valence-electron chi connectivity index (χ3n) is 3.09. The molecule has 0 aliphatic heterocycles. The lowest BCUT2D eigenvalue weighted by Gasteiger charge is -2.23. The SMILES string of the molecule is CCN(CC(C)C(=O)O)C(=O)Nc1cc(Br)c(F)cc1C. The maximum Gasteiger partial charge on any atom is 0.321 e. The Kier molecular flexibility index (Phi) is 6.14. The summed E-state index contributed by atoms with van der Waals surface area (Å²) in [6, 6.07) is 2.39. The topological polar surface area (TPSA) is 69.6 Å². The van der Waals surface area contributed by atoms with E-state index in [0.29, 0.717) is 17.8 Å². The average Bonchev–Trinajstić information content (AvgIpc) is 2.41. The Balaban J connectivity index is 2.83. The molecule has 0 saturated heterocycles. The van der Waals surface area contributed by atoms with Crippen LogP contribution in [0.4, 0.5) is 14.9 Å². The second-order valence-electron chi connectivity index (χ2n) is 4.79. The van der Waals surface area contributed by atoms with E-state index in [1.54, 1.807) is 13.8 Å². The fraction of sp³-hybridized carbons (Fsp3) is 0.429. The highest BCUT2D eigenvalue weighted by molar-refractivity contribution is 9.10. The lowest BCUT2D eigenvalue weighted by Crippen LogP contribution is -2.39. The summed E-state index contributed by atoms with van der Waals surface area (Å²) in [5.74, 6) is -2.02. The third-order valence-corrected chi connectivity index (χ3v) is 3.70. The van der Waals surface area contributed by atoms with Crippen LogP contribution in [0, 0.1) is 18.7 Å². The van der Waals surface area contributed by atoms with Crippen molar-refractivity contribution in [3.8, 4) is 0 Å². The molecule has 2 amide bonds. The van der Waals surface area contributed by atoms with E-state index in [9.17, 15) is 14.0 Å². The van der Waals surface area contributed by atoms with Crippen LogP contribution in [0.1, 0.15) is 19.4 Å². The van der Waals surface area contributed by atoms with Gasteiger partial charge in [0, 0.05) is 18.8 Å². The highest BCUT2D eigenvalue weighted by Gasteiger charge is 2.20. The quantitative estimate of drug-likeness (QED) is 0.844. The van der Waals surface area contributed by atoms with Crippen LogP contribution in [0.15, 0.2) is 16.6 Å². The minimum absolute atomic E-state index is 0.110. The standard InChI is InChI=1S/C14H18BrFN2O3/c1-4-18(7-9(3)13(19)20)14(21)17-12-6-10(15)11(16)5-8(12)2/h5-6,9H,4,7H2,1-3H3,(H,17,21)(H,19,20). The number of hydrogen-bond acceptors (Lipinski definition) is 2. The van der Waals surface area contributed by atoms with Crippen LogP contribution in [0.3, 0.4) is 0 Å². The molecule has 5 nitrogen and oxygen atoms in total. The van der Waals surface area contributed by atoms with Gasteiger partial charge >= 0.3 is 12.0 Å². The summed E-state index contributed by atoms with van der Waals surface area (Å²) in [4.78, 5) is 24.4. The number of hydrogen-bond donors (Lipinski definition) is 2. The summed E-state index contributed by atoms with van der Waals surface area (Å²) >= 11 is 3.07. The van der Waals surface area contributed by atoms with E-state index in [1.807, 2.05) is 0 Å². The minimum Gasteiger partial charge on any atom is -0.481 e. The van der Waals surface area contributed by atoms with Crippen molar-refractivity contribution in [2.75, 3.05) is 18.4 Å². The maximum atomic E-state index is 13.3. The molecule has 7 heteroatoms. The van der Waals surface area contributed by atoms with Gasteiger partial charge in [0.1, 0.15) is 5.82 Å². The van der Waals surface area contributed by atoms with Crippen molar-refractivity contribution in [2.24, 2.45) is 5.92 Å². The number of amides is 2. The number of urea groups is 1. The second kappa shape index (κ2) is 7.40. The van der Waals surface area contributed by atoms with Gasteiger partial charge in [0.05, 0.1) is 10.4 Å². The molecule has 0 heterocycles. The number of carboxylic acid groups (broad SMARTS) is 1. The normalized spacial score (nSPS) is 11.9. The number of rotatable bonds is 5. The number of carbonyl (C=O) groups is 2. The number of aliphatic carboxylic acids is 1. The van der Waals surface area contributed by atoms with Gasteiger partial charge in [-0.25, -0.2) is 9.18 Å². The minimum atomic E-state index is -0.957. The lowest BCUT2D eigenvalue weighted by atomic mass is 10.1. The van der Waals surface area contributed by atoms with E-state index in [2.05, 4.69) is 21.2 Å². The van der Waals surface area contributed by atoms with Crippen LogP contribution in [0.25, 0.3) is 0 Å². The Morgan fingerprint density at radius 2 is 2.10 bits per heavy atom. The van der Waals surface area contributed by atoms with Crippen LogP contribution < -0.4 is 5.32 Å². The van der Waals surface area contributed by atoms with Gasteiger partial charge < -0.3 is 15.3 Å². The van der Waals surface area contributed by atoms with Crippen molar-refractivity contribution in [2.45, 2.75) is 20.8 Å². The molecule has 1 rings (SSSR count). The molecule has 116 valence electrons. The smallest absolute Gasteiger partial charge is 0.321 e. The highest BCUT2D eigenvalue weighted by Crippen LogP contribution is 2.24. The Morgan fingerprint density at radius 3 is 2.62 bits per heavy atom. The Morgan fingerprint density at radius 1 is 1.48 bits per heavy atom. The molecule has 0 aliphatic carbocycles. The fourth-order valence-electron chi connectivity index (χ4n) is 1.74. The fourth-order valence-corrected chi connectivity index (χ4v) is 2.08. The zero-order valence-electron chi connectivity index (χ0n) is 12.1. The molecule has 1 unspecified atom stereocenters. The first-order valence-corrected chi connectivity index (χ1v) is 7.29. The van der Waals surface area contributed by atoms with E-state index in [4.69, 9.17) is 5.11 Å². The van der Waals surface area contributed by atoms with E-state index in [-0.39, 0.29) is 11.0 Å². The molecule has 2 N–H and O–H groups in total. The monoisotopic (exact) mass is 360 g/mol. The van der Waals surface area contributed by atoms with E-state index in [0.717, 1.165) is 0 Å². The molecule has 1 aromatic carbocycles. The second-order valence-corrected chi connectivity index (χ2v) is 5.64. The van der Waals surface area contributed by atoms with E-state index >= 15 is 0 Å². The van der Waals surface area contributed by atoms with E-state index in [1.165, 1.54) is 24.0 Å². The Hall–Kier alpha value is -1.63. The molecular formula is C14H18BrFN2O3. The van der Waals surface area contributed by atoms with Crippen molar-refractivity contribution in [1.82, 2.24) is 4.90 Å². The lowest BCUT2D eigenvalue weighted by molar-refractivity contribution is -0.141. The van der Waals surface area contributed by atoms with Gasteiger partial charge in [-0.2, -0.15) is 0 Å². The Labute approximate surface area is 131 Å². The summed E-state index contributed by atoms with van der Waals surface area (Å²) in [7, 11) is 0. The predicted molar refractivity (Wildman–Crippen MR) is 81.9 cm³/mol. The van der Waals surface area contributed by atoms with Gasteiger partial charge in [0.2, 0.25) is 0 Å². The number of benzene rings is 1. The Bertz CT molecular complexity index is 551. The van der Waals surface area contributed by atoms with Gasteiger partial charge in [-0.05, 0) is 47.5 Å². The zero-order valence-corrected chi connectivity index (χ0v) is 13.7. The molecule has 0 fully saturated rings. The van der Waals surface area contributed by atoms with Crippen molar-refractivity contribution in [3.63, 3.8) is 0 Å². The van der Waals surface area contributed by atoms with Crippen molar-refractivity contribution in [1.29, 1.82) is 0 Å². The summed E-state index contributed by atoms with van der Waals surface area (Å²) < 4.78 is 13.6. The van der Waals surface area contributed by atoms with E-state index < -0.39 is 23.7 Å². The molecule has 0 saturated carbocycles. The zero-order chi connectivity index (χ0) is 16.2. The van der Waals surface area contributed by atoms with Gasteiger partial charge in [0.25, 0.3) is 0 Å². The highest BCUT2D eigenvalue weighted by atomic mass is 79.9. The van der Waals surface area contributed by atoms with Gasteiger partial charge in [0.15, 0.2) is 0 Å². The van der Waals surface area contributed by atoms with Crippen molar-refractivity contribution < 1.29 is 19.1 Å². The summed E-state index contributed by atoms with van der Waals surface area (Å²) in [5, 5.41) is 11.6. The summed E-state index contributed by atoms with van der Waals surface area (Å²) in [6.07, 6.45) is 0. The molecule has 0 spiro atoms. The molecule has 0 aromatic heterocycles. The molecule has 0 aliphatic rings. The van der Waals surface area contributed by atoms with Crippen molar-refractivity contribution in [3.05, 3.63) is 28.0 Å². The molecule has 0 bridgehead atoms. The maximum absolute atomic E-state index is 13.3. The third kappa shape index (κ3) is 4.70. The predicted octanol–water partition coefficient (Wildman–Crippen LogP) is 3.47. The number of aryl methyl sites for hydroxylation is 1. The summed E-state index contributed by atoms with van der Waals surface area (Å²) in [6.45, 7) is 5.48. The molecule has 0 radical (unpaired) electrons. The first-order chi connectivity index (χ1) is 9.76. The first-order valence-electron chi connectivity index (χ1n) is 6.50. The van der Waals surface area contributed by atoms with Crippen LogP contribution in [0.5, 0.6) is 0 Å². The van der Waals surface area contributed by atoms with Crippen LogP contribution >= 0.6 is 15.9 Å². The van der Waals surface area contributed by atoms with Gasteiger partial charge in [-0.15, -0.1) is 0 Å². The number of carbonyl (C=O) groups excluding carboxylic acids is 1. The number of anilines is 1. The van der Waals surface area contributed by atoms with Crippen LogP contribution in [-0.2, 0) is 4.79 Å². The largest absolute Gasteiger partial charge is 0.481 e. The summed E-state index contributed by atoms with van der Waals surface area (Å²) in [5.41, 5.74) is 1.07. The van der Waals surface area contributed by atoms with Crippen LogP contribution in [0.2, 0.25) is 0 Å². The molecular weight excluding hydrogens is 343 g/mol. The first kappa shape index (κ1) is 17.4. The van der Waals surface area contributed by atoms with Crippen LogP contribution in [-0.4, -0.2) is 35.1 Å². The molecule has 21 heavy (non-hydrogen) atoms. The molecule has 1 aromatic rings. The van der Waals surface area contributed by atoms with Gasteiger partial charge in [-0.1, -0.05) is 6.92 Å². The number of nitrogens with one attached hydrogen (secondary N) is 1. The van der Waals surface area contributed by atoms with Gasteiger partial charge in [-0.3, -0.25) is 4.79 Å². The van der Waals surface area contributed by atoms with Crippen molar-refractivity contribution >= 4 is 33.6 Å².